The van der Waals surface area contributed by atoms with Crippen LogP contribution >= 0.6 is 0 Å². The van der Waals surface area contributed by atoms with Crippen LogP contribution in [0.4, 0.5) is 0 Å². The number of fused-ring (bicyclic) bond motifs is 1. The first-order chi connectivity index (χ1) is 7.20. The second-order valence-electron chi connectivity index (χ2n) is 3.48. The van der Waals surface area contributed by atoms with Gasteiger partial charge in [-0.3, -0.25) is 4.79 Å². The summed E-state index contributed by atoms with van der Waals surface area (Å²) in [6.07, 6.45) is 0. The van der Waals surface area contributed by atoms with Crippen LogP contribution in [0.5, 0.6) is 5.75 Å². The average molecular weight is 200 g/mol. The number of hydrogen-bond acceptors (Lipinski definition) is 2. The number of ether oxygens (including phenoxy) is 1. The molecule has 0 N–H and O–H groups in total. The van der Waals surface area contributed by atoms with Gasteiger partial charge in [-0.1, -0.05) is 18.2 Å². The molecule has 2 aromatic carbocycles. The fourth-order valence-corrected chi connectivity index (χ4v) is 1.57. The van der Waals surface area contributed by atoms with E-state index in [1.54, 1.807) is 14.0 Å². The summed E-state index contributed by atoms with van der Waals surface area (Å²) in [7, 11) is 1.63. The minimum atomic E-state index is 0.0831. The van der Waals surface area contributed by atoms with E-state index in [-0.39, 0.29) is 5.78 Å². The van der Waals surface area contributed by atoms with Crippen LogP contribution in [0.1, 0.15) is 17.3 Å². The zero-order chi connectivity index (χ0) is 10.8. The van der Waals surface area contributed by atoms with E-state index in [9.17, 15) is 4.79 Å². The van der Waals surface area contributed by atoms with Gasteiger partial charge in [0.2, 0.25) is 0 Å². The van der Waals surface area contributed by atoms with Crippen LogP contribution in [-0.2, 0) is 0 Å². The number of Topliss-reactive ketones (excluding diaryl/α,β-unsaturated/α-hetero) is 1. The van der Waals surface area contributed by atoms with E-state index in [1.165, 1.54) is 0 Å². The molecule has 0 aliphatic heterocycles. The summed E-state index contributed by atoms with van der Waals surface area (Å²) < 4.78 is 5.14. The van der Waals surface area contributed by atoms with Crippen molar-refractivity contribution in [2.75, 3.05) is 7.11 Å². The van der Waals surface area contributed by atoms with Crippen molar-refractivity contribution < 1.29 is 9.53 Å². The Kier molecular flexibility index (Phi) is 2.42. The molecular weight excluding hydrogens is 188 g/mol. The lowest BCUT2D eigenvalue weighted by molar-refractivity contribution is 0.101. The number of carbonyl (C=O) groups is 1. The van der Waals surface area contributed by atoms with E-state index in [0.717, 1.165) is 22.1 Å². The molecule has 0 saturated carbocycles. The first-order valence-electron chi connectivity index (χ1n) is 4.79. The number of carbonyl (C=O) groups excluding carboxylic acids is 1. The van der Waals surface area contributed by atoms with Crippen molar-refractivity contribution >= 4 is 16.6 Å². The first-order valence-corrected chi connectivity index (χ1v) is 4.79. The normalized spacial score (nSPS) is 10.3. The second kappa shape index (κ2) is 3.73. The lowest BCUT2D eigenvalue weighted by atomic mass is 10.0. The quantitative estimate of drug-likeness (QED) is 0.696. The molecule has 76 valence electrons. The molecular formula is C13H12O2. The molecule has 0 aromatic heterocycles. The SMILES string of the molecule is COc1ccc2ccc(C(C)=O)cc2c1. The summed E-state index contributed by atoms with van der Waals surface area (Å²) >= 11 is 0. The monoisotopic (exact) mass is 200 g/mol. The number of ketones is 1. The highest BCUT2D eigenvalue weighted by molar-refractivity contribution is 5.98. The summed E-state index contributed by atoms with van der Waals surface area (Å²) in [4.78, 5) is 11.2. The van der Waals surface area contributed by atoms with Gasteiger partial charge in [0, 0.05) is 5.56 Å². The maximum atomic E-state index is 11.2. The van der Waals surface area contributed by atoms with E-state index in [1.807, 2.05) is 36.4 Å². The van der Waals surface area contributed by atoms with Crippen molar-refractivity contribution in [1.29, 1.82) is 0 Å². The summed E-state index contributed by atoms with van der Waals surface area (Å²) in [5.41, 5.74) is 0.732. The van der Waals surface area contributed by atoms with Gasteiger partial charge in [0.15, 0.2) is 5.78 Å². The van der Waals surface area contributed by atoms with Gasteiger partial charge >= 0.3 is 0 Å². The molecule has 0 spiro atoms. The molecule has 0 heterocycles. The lowest BCUT2D eigenvalue weighted by Gasteiger charge is -2.03. The van der Waals surface area contributed by atoms with Crippen molar-refractivity contribution in [2.45, 2.75) is 6.92 Å². The molecule has 0 amide bonds. The summed E-state index contributed by atoms with van der Waals surface area (Å²) in [6.45, 7) is 1.57. The minimum absolute atomic E-state index is 0.0831. The molecule has 2 heteroatoms. The topological polar surface area (TPSA) is 26.3 Å². The molecule has 0 fully saturated rings. The van der Waals surface area contributed by atoms with Crippen molar-refractivity contribution in [3.05, 3.63) is 42.0 Å². The van der Waals surface area contributed by atoms with Gasteiger partial charge in [0.25, 0.3) is 0 Å². The summed E-state index contributed by atoms with van der Waals surface area (Å²) in [5, 5.41) is 2.14. The van der Waals surface area contributed by atoms with E-state index < -0.39 is 0 Å². The lowest BCUT2D eigenvalue weighted by Crippen LogP contribution is -1.91. The Morgan fingerprint density at radius 3 is 2.47 bits per heavy atom. The number of hydrogen-bond donors (Lipinski definition) is 0. The third kappa shape index (κ3) is 1.84. The number of methoxy groups -OCH3 is 1. The van der Waals surface area contributed by atoms with Crippen molar-refractivity contribution in [3.8, 4) is 5.75 Å². The predicted molar refractivity (Wildman–Crippen MR) is 60.5 cm³/mol. The van der Waals surface area contributed by atoms with Crippen molar-refractivity contribution in [2.24, 2.45) is 0 Å². The van der Waals surface area contributed by atoms with Gasteiger partial charge in [-0.2, -0.15) is 0 Å². The maximum Gasteiger partial charge on any atom is 0.159 e. The standard InChI is InChI=1S/C13H12O2/c1-9(14)11-4-3-10-5-6-13(15-2)8-12(10)7-11/h3-8H,1-2H3. The predicted octanol–water partition coefficient (Wildman–Crippen LogP) is 3.05. The van der Waals surface area contributed by atoms with Crippen LogP contribution in [0, 0.1) is 0 Å². The van der Waals surface area contributed by atoms with Crippen LogP contribution in [-0.4, -0.2) is 12.9 Å². The Morgan fingerprint density at radius 1 is 1.07 bits per heavy atom. The Hall–Kier alpha value is -1.83. The number of benzene rings is 2. The first kappa shape index (κ1) is 9.71. The Balaban J connectivity index is 2.62. The van der Waals surface area contributed by atoms with E-state index in [0.29, 0.717) is 0 Å². The van der Waals surface area contributed by atoms with E-state index in [4.69, 9.17) is 4.74 Å². The third-order valence-corrected chi connectivity index (χ3v) is 2.45. The van der Waals surface area contributed by atoms with Crippen LogP contribution in [0.25, 0.3) is 10.8 Å². The molecule has 0 aliphatic carbocycles. The van der Waals surface area contributed by atoms with Gasteiger partial charge < -0.3 is 4.74 Å². The Morgan fingerprint density at radius 2 is 1.80 bits per heavy atom. The number of rotatable bonds is 2. The highest BCUT2D eigenvalue weighted by atomic mass is 16.5. The summed E-state index contributed by atoms with van der Waals surface area (Å²) in [5.74, 6) is 0.892. The van der Waals surface area contributed by atoms with Gasteiger partial charge in [0.1, 0.15) is 5.75 Å². The van der Waals surface area contributed by atoms with Gasteiger partial charge in [-0.25, -0.2) is 0 Å². The largest absolute Gasteiger partial charge is 0.497 e. The van der Waals surface area contributed by atoms with Crippen LogP contribution in [0.15, 0.2) is 36.4 Å². The molecule has 0 unspecified atom stereocenters. The van der Waals surface area contributed by atoms with Crippen LogP contribution in [0.2, 0.25) is 0 Å². The fraction of sp³-hybridized carbons (Fsp3) is 0.154. The average Bonchev–Trinajstić information content (AvgIpc) is 2.27. The van der Waals surface area contributed by atoms with Crippen LogP contribution < -0.4 is 4.74 Å². The zero-order valence-corrected chi connectivity index (χ0v) is 8.78. The summed E-state index contributed by atoms with van der Waals surface area (Å²) in [6, 6.07) is 11.5. The van der Waals surface area contributed by atoms with E-state index >= 15 is 0 Å². The van der Waals surface area contributed by atoms with Gasteiger partial charge in [-0.05, 0) is 35.9 Å². The zero-order valence-electron chi connectivity index (χ0n) is 8.78. The van der Waals surface area contributed by atoms with Gasteiger partial charge in [0.05, 0.1) is 7.11 Å². The van der Waals surface area contributed by atoms with Gasteiger partial charge in [-0.15, -0.1) is 0 Å². The smallest absolute Gasteiger partial charge is 0.159 e. The molecule has 0 atom stereocenters. The highest BCUT2D eigenvalue weighted by Crippen LogP contribution is 2.21. The second-order valence-corrected chi connectivity index (χ2v) is 3.48. The molecule has 2 aromatic rings. The van der Waals surface area contributed by atoms with Crippen molar-refractivity contribution in [1.82, 2.24) is 0 Å². The Labute approximate surface area is 88.5 Å². The molecule has 0 aliphatic rings. The Bertz CT molecular complexity index is 515. The van der Waals surface area contributed by atoms with E-state index in [2.05, 4.69) is 0 Å². The minimum Gasteiger partial charge on any atom is -0.497 e. The molecule has 15 heavy (non-hydrogen) atoms. The molecule has 2 nitrogen and oxygen atoms in total. The fourth-order valence-electron chi connectivity index (χ4n) is 1.57. The third-order valence-electron chi connectivity index (χ3n) is 2.45. The van der Waals surface area contributed by atoms with Crippen molar-refractivity contribution in [3.63, 3.8) is 0 Å². The maximum absolute atomic E-state index is 11.2. The molecule has 2 rings (SSSR count). The molecule has 0 saturated heterocycles. The molecule has 0 radical (unpaired) electrons. The molecule has 0 bridgehead atoms. The van der Waals surface area contributed by atoms with Crippen LogP contribution in [0.3, 0.4) is 0 Å². The highest BCUT2D eigenvalue weighted by Gasteiger charge is 2.01.